The van der Waals surface area contributed by atoms with Gasteiger partial charge in [0, 0.05) is 31.9 Å². The van der Waals surface area contributed by atoms with Crippen LogP contribution in [0.1, 0.15) is 72.9 Å². The molecule has 0 unspecified atom stereocenters. The van der Waals surface area contributed by atoms with Crippen LogP contribution >= 0.6 is 0 Å². The maximum Gasteiger partial charge on any atom is 0.325 e. The Bertz CT molecular complexity index is 975. The first-order valence-corrected chi connectivity index (χ1v) is 12.6. The molecular weight excluding hydrogens is 414 g/mol. The molecule has 176 valence electrons. The fourth-order valence-corrected chi connectivity index (χ4v) is 5.30. The van der Waals surface area contributed by atoms with Crippen molar-refractivity contribution >= 4 is 11.8 Å². The molecule has 0 bridgehead atoms. The van der Waals surface area contributed by atoms with Crippen LogP contribution in [0.3, 0.4) is 0 Å². The fraction of sp³-hybridized carbons (Fsp3) is 0.556. The molecule has 3 aliphatic rings. The Morgan fingerprint density at radius 3 is 2.91 bits per heavy atom. The highest BCUT2D eigenvalue weighted by Gasteiger charge is 2.37. The Kier molecular flexibility index (Phi) is 6.93. The van der Waals surface area contributed by atoms with Gasteiger partial charge in [0.1, 0.15) is 11.9 Å². The molecule has 6 nitrogen and oxygen atoms in total. The van der Waals surface area contributed by atoms with E-state index in [1.807, 2.05) is 18.2 Å². The number of pyridine rings is 1. The summed E-state index contributed by atoms with van der Waals surface area (Å²) in [5, 5.41) is 13.4. The van der Waals surface area contributed by atoms with Gasteiger partial charge in [-0.1, -0.05) is 30.3 Å². The minimum Gasteiger partial charge on any atom is -0.480 e. The fourth-order valence-electron chi connectivity index (χ4n) is 5.30. The second-order valence-corrected chi connectivity index (χ2v) is 9.72. The number of carboxylic acids is 1. The summed E-state index contributed by atoms with van der Waals surface area (Å²) in [6.45, 7) is 3.20. The van der Waals surface area contributed by atoms with Crippen LogP contribution in [0.5, 0.6) is 0 Å². The molecule has 33 heavy (non-hydrogen) atoms. The van der Waals surface area contributed by atoms with Crippen molar-refractivity contribution in [2.45, 2.75) is 69.4 Å². The van der Waals surface area contributed by atoms with Crippen molar-refractivity contribution in [2.75, 3.05) is 31.6 Å². The number of nitrogens with one attached hydrogen (secondary N) is 1. The number of unbranched alkanes of at least 4 members (excludes halogenated alkanes) is 1. The van der Waals surface area contributed by atoms with E-state index in [0.717, 1.165) is 68.9 Å². The van der Waals surface area contributed by atoms with Gasteiger partial charge in [0.25, 0.3) is 0 Å². The van der Waals surface area contributed by atoms with Crippen molar-refractivity contribution in [3.05, 3.63) is 58.8 Å². The van der Waals surface area contributed by atoms with Crippen molar-refractivity contribution in [3.8, 4) is 0 Å². The third-order valence-corrected chi connectivity index (χ3v) is 7.22. The van der Waals surface area contributed by atoms with Crippen molar-refractivity contribution in [2.24, 2.45) is 0 Å². The summed E-state index contributed by atoms with van der Waals surface area (Å²) in [6.07, 6.45) is 8.68. The van der Waals surface area contributed by atoms with E-state index in [0.29, 0.717) is 12.5 Å². The molecule has 2 aliphatic heterocycles. The summed E-state index contributed by atoms with van der Waals surface area (Å²) in [4.78, 5) is 19.1. The number of fused-ring (bicyclic) bond motifs is 1. The number of aromatic nitrogens is 1. The maximum absolute atomic E-state index is 12.2. The molecule has 1 saturated heterocycles. The number of carbonyl (C=O) groups is 1. The molecule has 0 spiro atoms. The van der Waals surface area contributed by atoms with Crippen LogP contribution in [0.25, 0.3) is 0 Å². The number of anilines is 1. The van der Waals surface area contributed by atoms with Crippen molar-refractivity contribution in [1.82, 2.24) is 9.88 Å². The average Bonchev–Trinajstić information content (AvgIpc) is 3.58. The van der Waals surface area contributed by atoms with Gasteiger partial charge in [0.15, 0.2) is 0 Å². The van der Waals surface area contributed by atoms with Gasteiger partial charge in [0.05, 0.1) is 6.10 Å². The van der Waals surface area contributed by atoms with Crippen molar-refractivity contribution in [3.63, 3.8) is 0 Å². The molecule has 6 heteroatoms. The summed E-state index contributed by atoms with van der Waals surface area (Å²) < 4.78 is 6.15. The van der Waals surface area contributed by atoms with E-state index in [9.17, 15) is 9.90 Å². The van der Waals surface area contributed by atoms with E-state index in [4.69, 9.17) is 9.72 Å². The number of hydrogen-bond donors (Lipinski definition) is 2. The maximum atomic E-state index is 12.2. The lowest BCUT2D eigenvalue weighted by atomic mass is 9.96. The summed E-state index contributed by atoms with van der Waals surface area (Å²) >= 11 is 0. The van der Waals surface area contributed by atoms with Gasteiger partial charge in [-0.05, 0) is 80.0 Å². The second kappa shape index (κ2) is 10.2. The quantitative estimate of drug-likeness (QED) is 0.518. The zero-order chi connectivity index (χ0) is 22.6. The van der Waals surface area contributed by atoms with Crippen LogP contribution < -0.4 is 5.32 Å². The molecule has 1 aliphatic carbocycles. The summed E-state index contributed by atoms with van der Waals surface area (Å²) in [5.41, 5.74) is 4.67. The van der Waals surface area contributed by atoms with E-state index in [-0.39, 0.29) is 6.10 Å². The Labute approximate surface area is 196 Å². The number of aliphatic carboxylic acids is 1. The number of nitrogens with zero attached hydrogens (tertiary/aromatic N) is 2. The number of carboxylic acid groups (broad SMARTS) is 1. The topological polar surface area (TPSA) is 74.7 Å². The molecule has 2 atom stereocenters. The van der Waals surface area contributed by atoms with E-state index in [1.54, 1.807) is 0 Å². The Balaban J connectivity index is 1.08. The molecule has 1 aromatic carbocycles. The first-order valence-electron chi connectivity index (χ1n) is 12.6. The van der Waals surface area contributed by atoms with Crippen molar-refractivity contribution < 1.29 is 14.6 Å². The first-order chi connectivity index (χ1) is 16.2. The number of aryl methyl sites for hydroxylation is 2. The number of benzene rings is 1. The number of likely N-dealkylation sites (tertiary alicyclic amines) is 1. The molecule has 3 heterocycles. The number of rotatable bonds is 10. The van der Waals surface area contributed by atoms with E-state index in [2.05, 4.69) is 28.4 Å². The minimum absolute atomic E-state index is 0.117. The lowest BCUT2D eigenvalue weighted by Gasteiger charge is -2.26. The Hall–Kier alpha value is -2.44. The average molecular weight is 450 g/mol. The van der Waals surface area contributed by atoms with E-state index in [1.165, 1.54) is 30.4 Å². The number of hydrogen-bond acceptors (Lipinski definition) is 5. The lowest BCUT2D eigenvalue weighted by molar-refractivity contribution is -0.143. The number of ether oxygens (including phenoxy) is 1. The van der Waals surface area contributed by atoms with Gasteiger partial charge in [-0.25, -0.2) is 4.98 Å². The lowest BCUT2D eigenvalue weighted by Crippen LogP contribution is -2.34. The van der Waals surface area contributed by atoms with Crippen LogP contribution in [-0.4, -0.2) is 53.3 Å². The Morgan fingerprint density at radius 1 is 1.18 bits per heavy atom. The largest absolute Gasteiger partial charge is 0.480 e. The molecule has 2 N–H and O–H groups in total. The predicted molar refractivity (Wildman–Crippen MR) is 129 cm³/mol. The molecule has 2 fully saturated rings. The standard InChI is InChI=1S/C27H35N3O3/c31-27(32)25(24-9-2-1-8-23(24)19-10-11-19)30-16-14-22(18-30)33-17-4-3-7-21-13-12-20-6-5-15-28-26(20)29-21/h1-2,8-9,12-13,19,22,25H,3-7,10-11,14-18H2,(H,28,29)(H,31,32)/t22-,25-/m0/s1. The van der Waals surface area contributed by atoms with Gasteiger partial charge in [-0.2, -0.15) is 0 Å². The molecule has 0 radical (unpaired) electrons. The van der Waals surface area contributed by atoms with Crippen LogP contribution in [0.15, 0.2) is 36.4 Å². The highest BCUT2D eigenvalue weighted by molar-refractivity contribution is 5.76. The van der Waals surface area contributed by atoms with Gasteiger partial charge < -0.3 is 15.2 Å². The highest BCUT2D eigenvalue weighted by atomic mass is 16.5. The SMILES string of the molecule is O=C(O)[C@H](c1ccccc1C1CC1)N1CC[C@H](OCCCCc2ccc3c(n2)NCCC3)C1. The van der Waals surface area contributed by atoms with E-state index < -0.39 is 12.0 Å². The predicted octanol–water partition coefficient (Wildman–Crippen LogP) is 4.56. The molecule has 5 rings (SSSR count). The normalized spacial score (nSPS) is 21.4. The van der Waals surface area contributed by atoms with Gasteiger partial charge in [-0.15, -0.1) is 0 Å². The second-order valence-electron chi connectivity index (χ2n) is 9.72. The smallest absolute Gasteiger partial charge is 0.325 e. The van der Waals surface area contributed by atoms with Crippen molar-refractivity contribution in [1.29, 1.82) is 0 Å². The third-order valence-electron chi connectivity index (χ3n) is 7.22. The molecule has 2 aromatic rings. The van der Waals surface area contributed by atoms with Crippen LogP contribution in [-0.2, 0) is 22.4 Å². The minimum atomic E-state index is -0.754. The van der Waals surface area contributed by atoms with Crippen LogP contribution in [0.4, 0.5) is 5.82 Å². The zero-order valence-electron chi connectivity index (χ0n) is 19.3. The van der Waals surface area contributed by atoms with Crippen LogP contribution in [0, 0.1) is 0 Å². The Morgan fingerprint density at radius 2 is 2.06 bits per heavy atom. The van der Waals surface area contributed by atoms with Gasteiger partial charge in [-0.3, -0.25) is 9.69 Å². The third kappa shape index (κ3) is 5.39. The monoisotopic (exact) mass is 449 g/mol. The summed E-state index contributed by atoms with van der Waals surface area (Å²) in [7, 11) is 0. The molecular formula is C27H35N3O3. The van der Waals surface area contributed by atoms with Gasteiger partial charge >= 0.3 is 5.97 Å². The van der Waals surface area contributed by atoms with Gasteiger partial charge in [0.2, 0.25) is 0 Å². The molecule has 1 saturated carbocycles. The molecule has 1 aromatic heterocycles. The van der Waals surface area contributed by atoms with Crippen LogP contribution in [0.2, 0.25) is 0 Å². The highest BCUT2D eigenvalue weighted by Crippen LogP contribution is 2.44. The summed E-state index contributed by atoms with van der Waals surface area (Å²) in [6, 6.07) is 11.9. The molecule has 0 amide bonds. The zero-order valence-corrected chi connectivity index (χ0v) is 19.3. The summed E-state index contributed by atoms with van der Waals surface area (Å²) in [5.74, 6) is 0.853. The van der Waals surface area contributed by atoms with E-state index >= 15 is 0 Å². The first kappa shape index (κ1) is 22.4.